The van der Waals surface area contributed by atoms with E-state index in [0.29, 0.717) is 35.5 Å². The Kier molecular flexibility index (Phi) is 6.26. The van der Waals surface area contributed by atoms with Gasteiger partial charge in [-0.05, 0) is 64.4 Å². The minimum Gasteiger partial charge on any atom is -0.461 e. The van der Waals surface area contributed by atoms with Crippen LogP contribution >= 0.6 is 22.9 Å². The summed E-state index contributed by atoms with van der Waals surface area (Å²) in [6.07, 6.45) is 4.27. The van der Waals surface area contributed by atoms with E-state index in [1.807, 2.05) is 0 Å². The number of hydrogen-bond acceptors (Lipinski definition) is 9. The Hall–Kier alpha value is -2.86. The maximum Gasteiger partial charge on any atom is 0.319 e. The molecule has 2 bridgehead atoms. The molecule has 3 saturated heterocycles. The fraction of sp³-hybridized carbons (Fsp3) is 0.464. The molecule has 5 heterocycles. The first kappa shape index (κ1) is 26.1. The van der Waals surface area contributed by atoms with Crippen molar-refractivity contribution in [2.75, 3.05) is 43.9 Å². The lowest BCUT2D eigenvalue weighted by atomic mass is 10.0. The molecule has 40 heavy (non-hydrogen) atoms. The average molecular weight is 586 g/mol. The van der Waals surface area contributed by atoms with Crippen molar-refractivity contribution in [3.63, 3.8) is 0 Å². The number of fused-ring (bicyclic) bond motifs is 4. The Morgan fingerprint density at radius 3 is 2.67 bits per heavy atom. The first-order chi connectivity index (χ1) is 19.2. The molecule has 7 rings (SSSR count). The zero-order valence-corrected chi connectivity index (χ0v) is 23.9. The highest BCUT2D eigenvalue weighted by molar-refractivity contribution is 7.22. The monoisotopic (exact) mass is 585 g/mol. The third kappa shape index (κ3) is 4.25. The second-order valence-corrected chi connectivity index (χ2v) is 12.9. The summed E-state index contributed by atoms with van der Waals surface area (Å²) in [5.74, 6) is -0.486. The third-order valence-electron chi connectivity index (χ3n) is 8.78. The summed E-state index contributed by atoms with van der Waals surface area (Å²) in [6, 6.07) is 5.30. The van der Waals surface area contributed by atoms with E-state index < -0.39 is 11.6 Å². The number of piperazine rings is 1. The molecular weight excluding hydrogens is 556 g/mol. The van der Waals surface area contributed by atoms with E-state index in [2.05, 4.69) is 39.1 Å². The van der Waals surface area contributed by atoms with E-state index in [-0.39, 0.29) is 43.0 Å². The zero-order valence-electron chi connectivity index (χ0n) is 22.3. The number of anilines is 2. The summed E-state index contributed by atoms with van der Waals surface area (Å²) in [5.41, 5.74) is 6.57. The Balaban J connectivity index is 1.39. The van der Waals surface area contributed by atoms with Crippen LogP contribution in [0.5, 0.6) is 6.01 Å². The molecular formula is C28H30ClF2N7OS. The lowest BCUT2D eigenvalue weighted by Gasteiger charge is -2.35. The van der Waals surface area contributed by atoms with Gasteiger partial charge in [0, 0.05) is 41.7 Å². The molecule has 0 amide bonds. The van der Waals surface area contributed by atoms with E-state index in [1.54, 1.807) is 6.07 Å². The lowest BCUT2D eigenvalue weighted by molar-refractivity contribution is 0.108. The Morgan fingerprint density at radius 2 is 1.95 bits per heavy atom. The van der Waals surface area contributed by atoms with Crippen LogP contribution in [-0.4, -0.2) is 70.8 Å². The van der Waals surface area contributed by atoms with Crippen LogP contribution in [0.2, 0.25) is 5.02 Å². The molecule has 0 saturated carbocycles. The number of benzene rings is 2. The molecule has 2 unspecified atom stereocenters. The topological polar surface area (TPSA) is 92.4 Å². The summed E-state index contributed by atoms with van der Waals surface area (Å²) in [7, 11) is 2.09. The van der Waals surface area contributed by atoms with E-state index in [0.717, 1.165) is 56.7 Å². The van der Waals surface area contributed by atoms with Crippen LogP contribution in [0.15, 0.2) is 18.2 Å². The van der Waals surface area contributed by atoms with Crippen LogP contribution in [0.4, 0.5) is 19.7 Å². The highest BCUT2D eigenvalue weighted by atomic mass is 35.5. The minimum absolute atomic E-state index is 0.0999. The molecule has 0 spiro atoms. The number of nitrogens with two attached hydrogens (primary N) is 1. The molecule has 12 heteroatoms. The number of halogens is 3. The van der Waals surface area contributed by atoms with Crippen LogP contribution in [-0.2, 0) is 0 Å². The Bertz CT molecular complexity index is 1640. The van der Waals surface area contributed by atoms with Crippen molar-refractivity contribution in [1.29, 1.82) is 0 Å². The summed E-state index contributed by atoms with van der Waals surface area (Å²) in [6.45, 7) is 5.05. The molecule has 4 aromatic rings. The number of thiazole rings is 1. The van der Waals surface area contributed by atoms with Gasteiger partial charge in [-0.15, -0.1) is 0 Å². The fourth-order valence-electron chi connectivity index (χ4n) is 6.44. The van der Waals surface area contributed by atoms with Gasteiger partial charge in [-0.2, -0.15) is 9.97 Å². The number of nitrogens with one attached hydrogen (secondary N) is 1. The second-order valence-electron chi connectivity index (χ2n) is 11.5. The normalized spacial score (nSPS) is 25.0. The van der Waals surface area contributed by atoms with Crippen molar-refractivity contribution in [2.45, 2.75) is 50.2 Å². The van der Waals surface area contributed by atoms with Crippen molar-refractivity contribution >= 4 is 55.0 Å². The number of hydrogen-bond donors (Lipinski definition) is 2. The van der Waals surface area contributed by atoms with Gasteiger partial charge in [0.25, 0.3) is 0 Å². The summed E-state index contributed by atoms with van der Waals surface area (Å²) in [4.78, 5) is 18.2. The molecule has 0 aliphatic carbocycles. The standard InChI is InChI=1S/C28H30ClF2N7OS/c1-28(8-3-9-37(28)2)13-39-27-35-22-17(25(36-27)38-11-14-4-5-15(12-38)33-14)10-18(29)20(21(22)31)16-6-7-19(30)24-23(16)34-26(32)40-24/h6-7,10,14-15,33H,3-5,8-9,11-13H2,1-2H3,(H2,32,34)/t14?,15?,28-/m0/s1. The Morgan fingerprint density at radius 1 is 1.18 bits per heavy atom. The summed E-state index contributed by atoms with van der Waals surface area (Å²) in [5, 5.41) is 4.51. The molecule has 2 aromatic carbocycles. The Labute approximate surface area is 239 Å². The van der Waals surface area contributed by atoms with Crippen molar-refractivity contribution in [3.8, 4) is 17.1 Å². The van der Waals surface area contributed by atoms with Gasteiger partial charge in [0.1, 0.15) is 23.8 Å². The second kappa shape index (κ2) is 9.61. The molecule has 2 aromatic heterocycles. The first-order valence-corrected chi connectivity index (χ1v) is 14.8. The molecule has 210 valence electrons. The van der Waals surface area contributed by atoms with Gasteiger partial charge in [0.15, 0.2) is 10.9 Å². The van der Waals surface area contributed by atoms with E-state index in [1.165, 1.54) is 12.1 Å². The highest BCUT2D eigenvalue weighted by Crippen LogP contribution is 2.43. The predicted molar refractivity (Wildman–Crippen MR) is 155 cm³/mol. The number of nitrogens with zero attached hydrogens (tertiary/aromatic N) is 5. The fourth-order valence-corrected chi connectivity index (χ4v) is 7.49. The first-order valence-electron chi connectivity index (χ1n) is 13.6. The summed E-state index contributed by atoms with van der Waals surface area (Å²) >= 11 is 7.79. The van der Waals surface area contributed by atoms with Crippen molar-refractivity contribution < 1.29 is 13.5 Å². The van der Waals surface area contributed by atoms with Gasteiger partial charge in [0.2, 0.25) is 0 Å². The van der Waals surface area contributed by atoms with Gasteiger partial charge in [-0.1, -0.05) is 22.9 Å². The average Bonchev–Trinajstić information content (AvgIpc) is 3.60. The smallest absolute Gasteiger partial charge is 0.319 e. The van der Waals surface area contributed by atoms with Crippen molar-refractivity contribution in [3.05, 3.63) is 34.9 Å². The highest BCUT2D eigenvalue weighted by Gasteiger charge is 2.37. The number of likely N-dealkylation sites (tertiary alicyclic amines) is 1. The summed E-state index contributed by atoms with van der Waals surface area (Å²) < 4.78 is 37.6. The van der Waals surface area contributed by atoms with Gasteiger partial charge in [-0.25, -0.2) is 13.8 Å². The van der Waals surface area contributed by atoms with Crippen molar-refractivity contribution in [1.82, 2.24) is 25.2 Å². The maximum absolute atomic E-state index is 16.6. The largest absolute Gasteiger partial charge is 0.461 e. The van der Waals surface area contributed by atoms with Crippen LogP contribution in [0.25, 0.3) is 32.2 Å². The molecule has 8 nitrogen and oxygen atoms in total. The molecule has 3 aliphatic rings. The number of rotatable bonds is 5. The molecule has 3 aliphatic heterocycles. The van der Waals surface area contributed by atoms with Crippen LogP contribution in [0, 0.1) is 11.6 Å². The van der Waals surface area contributed by atoms with E-state index in [4.69, 9.17) is 27.1 Å². The van der Waals surface area contributed by atoms with Gasteiger partial charge < -0.3 is 20.7 Å². The SMILES string of the molecule is CN1CCC[C@@]1(C)COc1nc(N2CC3CCC(C2)N3)c2cc(Cl)c(-c3ccc(F)c4sc(N)nc34)c(F)c2n1. The predicted octanol–water partition coefficient (Wildman–Crippen LogP) is 5.22. The van der Waals surface area contributed by atoms with E-state index in [9.17, 15) is 4.39 Å². The van der Waals surface area contributed by atoms with Gasteiger partial charge >= 0.3 is 6.01 Å². The quantitative estimate of drug-likeness (QED) is 0.329. The van der Waals surface area contributed by atoms with Gasteiger partial charge in [0.05, 0.1) is 20.8 Å². The lowest BCUT2D eigenvalue weighted by Crippen LogP contribution is -2.51. The van der Waals surface area contributed by atoms with Gasteiger partial charge in [-0.3, -0.25) is 4.90 Å². The van der Waals surface area contributed by atoms with Crippen molar-refractivity contribution in [2.24, 2.45) is 0 Å². The van der Waals surface area contributed by atoms with Crippen LogP contribution in [0.1, 0.15) is 32.6 Å². The van der Waals surface area contributed by atoms with Crippen LogP contribution < -0.4 is 20.7 Å². The third-order valence-corrected chi connectivity index (χ3v) is 9.97. The molecule has 3 N–H and O–H groups in total. The molecule has 3 fully saturated rings. The minimum atomic E-state index is -0.627. The van der Waals surface area contributed by atoms with E-state index >= 15 is 4.39 Å². The number of ether oxygens (including phenoxy) is 1. The number of likely N-dealkylation sites (N-methyl/N-ethyl adjacent to an activating group) is 1. The molecule has 0 radical (unpaired) electrons. The maximum atomic E-state index is 16.6. The van der Waals surface area contributed by atoms with Crippen LogP contribution in [0.3, 0.4) is 0 Å². The molecule has 3 atom stereocenters. The zero-order chi connectivity index (χ0) is 27.8. The number of nitrogen functional groups attached to an aromatic ring is 1. The number of aromatic nitrogens is 3.